The number of hydrogen-bond donors (Lipinski definition) is 2. The highest BCUT2D eigenvalue weighted by Crippen LogP contribution is 2.40. The Bertz CT molecular complexity index is 840. The third kappa shape index (κ3) is 7.48. The van der Waals surface area contributed by atoms with Gasteiger partial charge in [0.05, 0.1) is 18.9 Å². The molecule has 33 heavy (non-hydrogen) atoms. The van der Waals surface area contributed by atoms with Crippen molar-refractivity contribution in [1.29, 1.82) is 0 Å². The van der Waals surface area contributed by atoms with Crippen LogP contribution in [0.25, 0.3) is 0 Å². The molecule has 0 radical (unpaired) electrons. The largest absolute Gasteiger partial charge is 0.495 e. The zero-order valence-electron chi connectivity index (χ0n) is 19.7. The van der Waals surface area contributed by atoms with Crippen LogP contribution in [-0.4, -0.2) is 53.3 Å². The Morgan fingerprint density at radius 2 is 1.97 bits per heavy atom. The third-order valence-corrected chi connectivity index (χ3v) is 6.16. The number of hydrogen-bond acceptors (Lipinski definition) is 6. The molecule has 0 unspecified atom stereocenters. The van der Waals surface area contributed by atoms with E-state index in [0.29, 0.717) is 5.75 Å². The highest BCUT2D eigenvalue weighted by atomic mass is 35.5. The number of aromatic carboxylic acids is 1. The van der Waals surface area contributed by atoms with Crippen molar-refractivity contribution in [2.45, 2.75) is 70.9 Å². The fourth-order valence-electron chi connectivity index (χ4n) is 4.03. The van der Waals surface area contributed by atoms with E-state index in [1.54, 1.807) is 6.07 Å². The maximum absolute atomic E-state index is 11.6. The van der Waals surface area contributed by atoms with Gasteiger partial charge in [-0.25, -0.2) is 9.59 Å². The SMILES string of the molecule is CC1CCC(NC(=O)N(CCCl)N=O)CC1.COc1c(C(=O)O)ccc2c1CCC(C)(C)O2. The number of nitrogens with one attached hydrogen (secondary N) is 1. The Hall–Kier alpha value is -2.55. The summed E-state index contributed by atoms with van der Waals surface area (Å²) in [5, 5.41) is 15.4. The Kier molecular flexibility index (Phi) is 9.76. The van der Waals surface area contributed by atoms with Gasteiger partial charge in [-0.15, -0.1) is 16.5 Å². The first kappa shape index (κ1) is 26.7. The zero-order valence-corrected chi connectivity index (χ0v) is 20.5. The second-order valence-electron chi connectivity index (χ2n) is 9.09. The predicted molar refractivity (Wildman–Crippen MR) is 126 cm³/mol. The van der Waals surface area contributed by atoms with Crippen molar-refractivity contribution in [3.63, 3.8) is 0 Å². The van der Waals surface area contributed by atoms with Crippen LogP contribution in [0.5, 0.6) is 11.5 Å². The summed E-state index contributed by atoms with van der Waals surface area (Å²) >= 11 is 5.46. The fraction of sp³-hybridized carbons (Fsp3) is 0.652. The van der Waals surface area contributed by atoms with Crippen LogP contribution in [0.1, 0.15) is 68.8 Å². The molecule has 9 nitrogen and oxygen atoms in total. The smallest absolute Gasteiger partial charge is 0.340 e. The van der Waals surface area contributed by atoms with Crippen molar-refractivity contribution >= 4 is 23.6 Å². The topological polar surface area (TPSA) is 118 Å². The lowest BCUT2D eigenvalue weighted by molar-refractivity contribution is 0.0690. The van der Waals surface area contributed by atoms with Crippen LogP contribution in [0.15, 0.2) is 17.4 Å². The number of ether oxygens (including phenoxy) is 2. The fourth-order valence-corrected chi connectivity index (χ4v) is 4.19. The summed E-state index contributed by atoms with van der Waals surface area (Å²) in [6, 6.07) is 2.97. The first-order chi connectivity index (χ1) is 15.6. The first-order valence-corrected chi connectivity index (χ1v) is 11.7. The Morgan fingerprint density at radius 3 is 2.52 bits per heavy atom. The molecule has 0 saturated heterocycles. The summed E-state index contributed by atoms with van der Waals surface area (Å²) in [6.45, 7) is 6.41. The van der Waals surface area contributed by atoms with Crippen molar-refractivity contribution in [1.82, 2.24) is 10.3 Å². The van der Waals surface area contributed by atoms with Gasteiger partial charge in [0.25, 0.3) is 0 Å². The van der Waals surface area contributed by atoms with Crippen molar-refractivity contribution in [3.8, 4) is 11.5 Å². The molecule has 1 aliphatic carbocycles. The molecule has 1 aromatic carbocycles. The van der Waals surface area contributed by atoms with E-state index in [9.17, 15) is 14.5 Å². The van der Waals surface area contributed by atoms with E-state index >= 15 is 0 Å². The second-order valence-corrected chi connectivity index (χ2v) is 9.47. The number of halogens is 1. The van der Waals surface area contributed by atoms with Gasteiger partial charge in [-0.2, -0.15) is 5.01 Å². The van der Waals surface area contributed by atoms with E-state index < -0.39 is 12.0 Å². The molecule has 2 aliphatic rings. The lowest BCUT2D eigenvalue weighted by Gasteiger charge is -2.33. The number of methoxy groups -OCH3 is 1. The van der Waals surface area contributed by atoms with Gasteiger partial charge in [0, 0.05) is 17.5 Å². The number of carbonyl (C=O) groups is 2. The van der Waals surface area contributed by atoms with Gasteiger partial charge in [-0.05, 0) is 70.4 Å². The minimum absolute atomic E-state index is 0.153. The number of carbonyl (C=O) groups excluding carboxylic acids is 1. The zero-order chi connectivity index (χ0) is 24.6. The monoisotopic (exact) mass is 483 g/mol. The average Bonchev–Trinajstić information content (AvgIpc) is 2.77. The van der Waals surface area contributed by atoms with E-state index in [0.717, 1.165) is 60.8 Å². The molecule has 1 heterocycles. The van der Waals surface area contributed by atoms with Gasteiger partial charge in [0.1, 0.15) is 22.7 Å². The first-order valence-electron chi connectivity index (χ1n) is 11.2. The van der Waals surface area contributed by atoms with E-state index in [1.165, 1.54) is 13.2 Å². The minimum atomic E-state index is -0.977. The summed E-state index contributed by atoms with van der Waals surface area (Å²) < 4.78 is 11.0. The molecule has 1 fully saturated rings. The van der Waals surface area contributed by atoms with E-state index in [1.807, 2.05) is 13.8 Å². The van der Waals surface area contributed by atoms with Crippen LogP contribution in [0.3, 0.4) is 0 Å². The lowest BCUT2D eigenvalue weighted by atomic mass is 9.87. The number of fused-ring (bicyclic) bond motifs is 1. The van der Waals surface area contributed by atoms with Crippen molar-refractivity contribution in [2.75, 3.05) is 19.5 Å². The maximum Gasteiger partial charge on any atom is 0.340 e. The number of benzene rings is 1. The maximum atomic E-state index is 11.6. The summed E-state index contributed by atoms with van der Waals surface area (Å²) in [4.78, 5) is 33.0. The number of urea groups is 1. The van der Waals surface area contributed by atoms with Crippen LogP contribution >= 0.6 is 11.6 Å². The summed E-state index contributed by atoms with van der Waals surface area (Å²) in [5.74, 6) is 1.11. The minimum Gasteiger partial charge on any atom is -0.495 e. The van der Waals surface area contributed by atoms with Crippen LogP contribution < -0.4 is 14.8 Å². The Balaban J connectivity index is 0.000000234. The normalized spacial score (nSPS) is 20.8. The number of carboxylic acid groups (broad SMARTS) is 1. The molecule has 0 spiro atoms. The van der Waals surface area contributed by atoms with Crippen LogP contribution in [-0.2, 0) is 6.42 Å². The summed E-state index contributed by atoms with van der Waals surface area (Å²) in [7, 11) is 1.49. The standard InChI is InChI=1S/C13H16O4.C10H18ClN3O2/c1-13(2)7-6-8-10(17-13)5-4-9(12(14)15)11(8)16-3;1-8-2-4-9(5-3-8)12-10(15)14(13-16)7-6-11/h4-5H,6-7H2,1-3H3,(H,14,15);8-9H,2-7H2,1H3,(H,12,15). The van der Waals surface area contributed by atoms with Crippen LogP contribution in [0.4, 0.5) is 4.79 Å². The lowest BCUT2D eigenvalue weighted by Crippen LogP contribution is -2.44. The van der Waals surface area contributed by atoms with E-state index in [4.69, 9.17) is 26.2 Å². The van der Waals surface area contributed by atoms with Gasteiger partial charge in [0.2, 0.25) is 0 Å². The van der Waals surface area contributed by atoms with Crippen molar-refractivity contribution < 1.29 is 24.2 Å². The molecule has 1 saturated carbocycles. The Morgan fingerprint density at radius 1 is 1.30 bits per heavy atom. The van der Waals surface area contributed by atoms with Gasteiger partial charge < -0.3 is 19.9 Å². The molecule has 1 aliphatic heterocycles. The molecule has 2 amide bonds. The molecule has 3 rings (SSSR count). The highest BCUT2D eigenvalue weighted by Gasteiger charge is 2.30. The summed E-state index contributed by atoms with van der Waals surface area (Å²) in [5.41, 5.74) is 0.837. The van der Waals surface area contributed by atoms with Crippen LogP contribution in [0, 0.1) is 10.8 Å². The molecule has 2 N–H and O–H groups in total. The molecule has 1 aromatic rings. The molecule has 10 heteroatoms. The second kappa shape index (κ2) is 12.1. The highest BCUT2D eigenvalue weighted by molar-refractivity contribution is 6.18. The third-order valence-electron chi connectivity index (χ3n) is 5.99. The van der Waals surface area contributed by atoms with E-state index in [2.05, 4.69) is 17.5 Å². The van der Waals surface area contributed by atoms with Gasteiger partial charge in [-0.3, -0.25) is 0 Å². The Labute approximate surface area is 199 Å². The van der Waals surface area contributed by atoms with Gasteiger partial charge in [-0.1, -0.05) is 6.92 Å². The summed E-state index contributed by atoms with van der Waals surface area (Å²) in [6.07, 6.45) is 5.80. The van der Waals surface area contributed by atoms with Crippen molar-refractivity contribution in [3.05, 3.63) is 28.2 Å². The number of alkyl halides is 1. The average molecular weight is 484 g/mol. The molecule has 0 aromatic heterocycles. The number of nitroso groups, excluding NO2 is 1. The quantitative estimate of drug-likeness (QED) is 0.334. The molecule has 0 bridgehead atoms. The number of nitrogens with zero attached hydrogens (tertiary/aromatic N) is 2. The van der Waals surface area contributed by atoms with Gasteiger partial charge in [0.15, 0.2) is 0 Å². The number of carboxylic acids is 1. The van der Waals surface area contributed by atoms with Crippen LogP contribution in [0.2, 0.25) is 0 Å². The van der Waals surface area contributed by atoms with Crippen molar-refractivity contribution in [2.24, 2.45) is 11.2 Å². The molecular formula is C23H34ClN3O6. The predicted octanol–water partition coefficient (Wildman–Crippen LogP) is 4.99. The van der Waals surface area contributed by atoms with Gasteiger partial charge >= 0.3 is 12.0 Å². The molecule has 184 valence electrons. The number of amides is 2. The van der Waals surface area contributed by atoms with E-state index in [-0.39, 0.29) is 29.6 Å². The molecular weight excluding hydrogens is 450 g/mol. The number of rotatable bonds is 6. The molecule has 0 atom stereocenters.